The van der Waals surface area contributed by atoms with E-state index in [2.05, 4.69) is 13.2 Å². The largest absolute Gasteiger partial charge is 0.482 e. The highest BCUT2D eigenvalue weighted by atomic mass is 16.6. The third kappa shape index (κ3) is 4.58. The molecular formula is C19H17NO4. The SMILES string of the molecule is C=C/C=C(\C=C)COc1cc(Oc2ccccc2)ccc1[N+](=O)[O-]. The molecule has 2 aromatic carbocycles. The number of nitrogens with zero attached hydrogens (tertiary/aromatic N) is 1. The summed E-state index contributed by atoms with van der Waals surface area (Å²) in [5.41, 5.74) is 0.631. The van der Waals surface area contributed by atoms with Crippen molar-refractivity contribution in [2.75, 3.05) is 6.61 Å². The van der Waals surface area contributed by atoms with Gasteiger partial charge in [-0.15, -0.1) is 0 Å². The molecule has 0 saturated heterocycles. The van der Waals surface area contributed by atoms with E-state index in [1.807, 2.05) is 18.2 Å². The molecule has 0 N–H and O–H groups in total. The van der Waals surface area contributed by atoms with E-state index in [0.717, 1.165) is 5.57 Å². The molecule has 0 spiro atoms. The van der Waals surface area contributed by atoms with Gasteiger partial charge in [-0.3, -0.25) is 10.1 Å². The fourth-order valence-corrected chi connectivity index (χ4v) is 1.94. The van der Waals surface area contributed by atoms with E-state index in [-0.39, 0.29) is 18.0 Å². The van der Waals surface area contributed by atoms with Gasteiger partial charge in [0, 0.05) is 12.1 Å². The minimum Gasteiger partial charge on any atom is -0.482 e. The molecule has 0 aromatic heterocycles. The quantitative estimate of drug-likeness (QED) is 0.387. The molecule has 5 heteroatoms. The minimum atomic E-state index is -0.494. The van der Waals surface area contributed by atoms with E-state index >= 15 is 0 Å². The molecule has 0 aliphatic carbocycles. The third-order valence-electron chi connectivity index (χ3n) is 3.10. The molecule has 0 amide bonds. The van der Waals surface area contributed by atoms with Crippen LogP contribution in [0.3, 0.4) is 0 Å². The highest BCUT2D eigenvalue weighted by Gasteiger charge is 2.16. The maximum atomic E-state index is 11.2. The van der Waals surface area contributed by atoms with Crippen LogP contribution in [0.1, 0.15) is 0 Å². The number of hydrogen-bond donors (Lipinski definition) is 0. The molecule has 5 nitrogen and oxygen atoms in total. The van der Waals surface area contributed by atoms with Gasteiger partial charge in [0.1, 0.15) is 18.1 Å². The second kappa shape index (κ2) is 8.33. The number of allylic oxidation sites excluding steroid dienone is 2. The summed E-state index contributed by atoms with van der Waals surface area (Å²) in [6, 6.07) is 13.5. The van der Waals surface area contributed by atoms with Gasteiger partial charge in [0.15, 0.2) is 0 Å². The van der Waals surface area contributed by atoms with Crippen molar-refractivity contribution in [2.24, 2.45) is 0 Å². The van der Waals surface area contributed by atoms with Gasteiger partial charge < -0.3 is 9.47 Å². The van der Waals surface area contributed by atoms with Gasteiger partial charge in [0.05, 0.1) is 4.92 Å². The van der Waals surface area contributed by atoms with Gasteiger partial charge in [0.25, 0.3) is 0 Å². The lowest BCUT2D eigenvalue weighted by Crippen LogP contribution is -2.02. The highest BCUT2D eigenvalue weighted by molar-refractivity contribution is 5.51. The summed E-state index contributed by atoms with van der Waals surface area (Å²) in [6.07, 6.45) is 4.94. The van der Waals surface area contributed by atoms with Crippen molar-refractivity contribution in [1.29, 1.82) is 0 Å². The second-order valence-corrected chi connectivity index (χ2v) is 4.77. The van der Waals surface area contributed by atoms with Crippen LogP contribution in [-0.4, -0.2) is 11.5 Å². The van der Waals surface area contributed by atoms with E-state index in [9.17, 15) is 10.1 Å². The number of hydrogen-bond acceptors (Lipinski definition) is 4. The predicted molar refractivity (Wildman–Crippen MR) is 93.6 cm³/mol. The average molecular weight is 323 g/mol. The van der Waals surface area contributed by atoms with Crippen LogP contribution < -0.4 is 9.47 Å². The summed E-state index contributed by atoms with van der Waals surface area (Å²) in [4.78, 5) is 10.7. The van der Waals surface area contributed by atoms with E-state index in [1.54, 1.807) is 30.4 Å². The van der Waals surface area contributed by atoms with Gasteiger partial charge >= 0.3 is 5.69 Å². The number of rotatable bonds is 8. The Hall–Kier alpha value is -3.34. The zero-order chi connectivity index (χ0) is 17.4. The van der Waals surface area contributed by atoms with E-state index in [1.165, 1.54) is 18.2 Å². The summed E-state index contributed by atoms with van der Waals surface area (Å²) in [5.74, 6) is 1.22. The number of benzene rings is 2. The standard InChI is InChI=1S/C19H17NO4/c1-3-8-15(4-2)14-23-19-13-17(11-12-18(19)20(21)22)24-16-9-6-5-7-10-16/h3-13H,1-2,14H2/b15-8+. The summed E-state index contributed by atoms with van der Waals surface area (Å²) >= 11 is 0. The highest BCUT2D eigenvalue weighted by Crippen LogP contribution is 2.33. The van der Waals surface area contributed by atoms with Crippen LogP contribution in [0.5, 0.6) is 17.2 Å². The molecule has 122 valence electrons. The van der Waals surface area contributed by atoms with Gasteiger partial charge in [-0.2, -0.15) is 0 Å². The zero-order valence-electron chi connectivity index (χ0n) is 13.1. The Kier molecular flexibility index (Phi) is 5.91. The third-order valence-corrected chi connectivity index (χ3v) is 3.10. The van der Waals surface area contributed by atoms with Crippen molar-refractivity contribution in [3.05, 3.63) is 95.6 Å². The second-order valence-electron chi connectivity index (χ2n) is 4.77. The molecule has 0 radical (unpaired) electrons. The molecule has 0 fully saturated rings. The lowest BCUT2D eigenvalue weighted by atomic mass is 10.2. The first-order chi connectivity index (χ1) is 11.6. The fourth-order valence-electron chi connectivity index (χ4n) is 1.94. The number of para-hydroxylation sites is 1. The predicted octanol–water partition coefficient (Wildman–Crippen LogP) is 5.06. The van der Waals surface area contributed by atoms with Gasteiger partial charge in [-0.05, 0) is 23.8 Å². The first-order valence-electron chi connectivity index (χ1n) is 7.22. The first-order valence-corrected chi connectivity index (χ1v) is 7.22. The maximum absolute atomic E-state index is 11.2. The number of nitro benzene ring substituents is 1. The van der Waals surface area contributed by atoms with E-state index in [4.69, 9.17) is 9.47 Å². The molecule has 2 aromatic rings. The van der Waals surface area contributed by atoms with E-state index < -0.39 is 4.92 Å². The molecule has 24 heavy (non-hydrogen) atoms. The van der Waals surface area contributed by atoms with Gasteiger partial charge in [0.2, 0.25) is 5.75 Å². The van der Waals surface area contributed by atoms with Crippen LogP contribution in [0.15, 0.2) is 85.5 Å². The molecule has 2 rings (SSSR count). The number of nitro groups is 1. The Bertz CT molecular complexity index is 766. The van der Waals surface area contributed by atoms with E-state index in [0.29, 0.717) is 11.5 Å². The molecule has 0 bridgehead atoms. The van der Waals surface area contributed by atoms with Crippen LogP contribution in [-0.2, 0) is 0 Å². The van der Waals surface area contributed by atoms with Crippen molar-refractivity contribution in [2.45, 2.75) is 0 Å². The van der Waals surface area contributed by atoms with Gasteiger partial charge in [-0.1, -0.05) is 49.6 Å². The summed E-state index contributed by atoms with van der Waals surface area (Å²) < 4.78 is 11.3. The minimum absolute atomic E-state index is 0.127. The zero-order valence-corrected chi connectivity index (χ0v) is 13.1. The average Bonchev–Trinajstić information content (AvgIpc) is 2.59. The molecule has 0 aliphatic rings. The Morgan fingerprint density at radius 2 is 1.88 bits per heavy atom. The summed E-state index contributed by atoms with van der Waals surface area (Å²) in [7, 11) is 0. The van der Waals surface area contributed by atoms with Crippen molar-refractivity contribution in [1.82, 2.24) is 0 Å². The van der Waals surface area contributed by atoms with Crippen LogP contribution in [0, 0.1) is 10.1 Å². The molecule has 0 saturated carbocycles. The van der Waals surface area contributed by atoms with Crippen LogP contribution in [0.4, 0.5) is 5.69 Å². The Morgan fingerprint density at radius 3 is 2.50 bits per heavy atom. The molecular weight excluding hydrogens is 306 g/mol. The molecule has 0 atom stereocenters. The number of ether oxygens (including phenoxy) is 2. The van der Waals surface area contributed by atoms with Gasteiger partial charge in [-0.25, -0.2) is 0 Å². The van der Waals surface area contributed by atoms with Crippen molar-refractivity contribution in [3.8, 4) is 17.2 Å². The topological polar surface area (TPSA) is 61.6 Å². The van der Waals surface area contributed by atoms with Crippen LogP contribution in [0.25, 0.3) is 0 Å². The Morgan fingerprint density at radius 1 is 1.12 bits per heavy atom. The summed E-state index contributed by atoms with van der Waals surface area (Å²) in [6.45, 7) is 7.41. The lowest BCUT2D eigenvalue weighted by molar-refractivity contribution is -0.385. The summed E-state index contributed by atoms with van der Waals surface area (Å²) in [5, 5.41) is 11.2. The van der Waals surface area contributed by atoms with Crippen molar-refractivity contribution >= 4 is 5.69 Å². The normalized spacial score (nSPS) is 10.8. The van der Waals surface area contributed by atoms with Crippen molar-refractivity contribution in [3.63, 3.8) is 0 Å². The fraction of sp³-hybridized carbons (Fsp3) is 0.0526. The Labute approximate surface area is 140 Å². The van der Waals surface area contributed by atoms with Crippen molar-refractivity contribution < 1.29 is 14.4 Å². The smallest absolute Gasteiger partial charge is 0.311 e. The Balaban J connectivity index is 2.24. The molecule has 0 heterocycles. The van der Waals surface area contributed by atoms with Crippen LogP contribution >= 0.6 is 0 Å². The lowest BCUT2D eigenvalue weighted by Gasteiger charge is -2.10. The monoisotopic (exact) mass is 323 g/mol. The first kappa shape index (κ1) is 17.0. The molecule has 0 unspecified atom stereocenters. The maximum Gasteiger partial charge on any atom is 0.311 e. The van der Waals surface area contributed by atoms with Crippen LogP contribution in [0.2, 0.25) is 0 Å². The molecule has 0 aliphatic heterocycles.